The minimum Gasteiger partial charge on any atom is -0.481 e. The van der Waals surface area contributed by atoms with Crippen LogP contribution in [0, 0.1) is 0 Å². The third-order valence-electron chi connectivity index (χ3n) is 1.77. The first kappa shape index (κ1) is 11.9. The van der Waals surface area contributed by atoms with Crippen molar-refractivity contribution in [2.75, 3.05) is 7.11 Å². The number of carbonyl (C=O) groups is 1. The van der Waals surface area contributed by atoms with Crippen LogP contribution < -0.4 is 4.74 Å². The highest BCUT2D eigenvalue weighted by molar-refractivity contribution is 9.10. The lowest BCUT2D eigenvalue weighted by molar-refractivity contribution is -0.139. The summed E-state index contributed by atoms with van der Waals surface area (Å²) >= 11 is 3.18. The van der Waals surface area contributed by atoms with Crippen LogP contribution >= 0.6 is 15.9 Å². The van der Waals surface area contributed by atoms with Gasteiger partial charge in [-0.3, -0.25) is 4.79 Å². The predicted octanol–water partition coefficient (Wildman–Crippen LogP) is 1.36. The number of hydrogen-bond acceptors (Lipinski definition) is 4. The van der Waals surface area contributed by atoms with E-state index in [0.29, 0.717) is 10.0 Å². The van der Waals surface area contributed by atoms with Gasteiger partial charge in [-0.1, -0.05) is 0 Å². The highest BCUT2D eigenvalue weighted by Crippen LogP contribution is 2.27. The highest BCUT2D eigenvalue weighted by Gasteiger charge is 2.17. The van der Waals surface area contributed by atoms with Crippen molar-refractivity contribution in [3.8, 4) is 5.88 Å². The molecule has 0 aliphatic heterocycles. The number of aromatic nitrogens is 1. The van der Waals surface area contributed by atoms with Gasteiger partial charge in [-0.25, -0.2) is 4.98 Å². The van der Waals surface area contributed by atoms with Gasteiger partial charge in [-0.2, -0.15) is 0 Å². The fourth-order valence-corrected chi connectivity index (χ4v) is 1.48. The van der Waals surface area contributed by atoms with Crippen molar-refractivity contribution in [1.82, 2.24) is 4.98 Å². The molecule has 0 spiro atoms. The number of nitrogens with zero attached hydrogens (tertiary/aromatic N) is 1. The topological polar surface area (TPSA) is 79.7 Å². The predicted molar refractivity (Wildman–Crippen MR) is 55.7 cm³/mol. The van der Waals surface area contributed by atoms with Crippen LogP contribution in [0.25, 0.3) is 0 Å². The van der Waals surface area contributed by atoms with Crippen LogP contribution in [-0.2, 0) is 4.79 Å². The van der Waals surface area contributed by atoms with E-state index < -0.39 is 12.1 Å². The highest BCUT2D eigenvalue weighted by atomic mass is 79.9. The first-order valence-electron chi connectivity index (χ1n) is 4.14. The van der Waals surface area contributed by atoms with Gasteiger partial charge in [0, 0.05) is 16.2 Å². The Balaban J connectivity index is 2.99. The largest absolute Gasteiger partial charge is 0.481 e. The van der Waals surface area contributed by atoms with E-state index >= 15 is 0 Å². The first-order chi connectivity index (χ1) is 7.04. The van der Waals surface area contributed by atoms with Crippen molar-refractivity contribution in [2.45, 2.75) is 12.5 Å². The van der Waals surface area contributed by atoms with Gasteiger partial charge in [-0.05, 0) is 22.0 Å². The summed E-state index contributed by atoms with van der Waals surface area (Å²) in [5, 5.41) is 18.2. The number of carboxylic acid groups (broad SMARTS) is 1. The van der Waals surface area contributed by atoms with Gasteiger partial charge in [0.2, 0.25) is 5.88 Å². The van der Waals surface area contributed by atoms with Crippen molar-refractivity contribution >= 4 is 21.9 Å². The van der Waals surface area contributed by atoms with Gasteiger partial charge < -0.3 is 14.9 Å². The molecule has 82 valence electrons. The number of aliphatic hydroxyl groups is 1. The molecule has 2 N–H and O–H groups in total. The molecule has 6 heteroatoms. The molecule has 1 aromatic rings. The zero-order valence-corrected chi connectivity index (χ0v) is 9.56. The maximum absolute atomic E-state index is 10.4. The maximum atomic E-state index is 10.4. The van der Waals surface area contributed by atoms with E-state index in [1.807, 2.05) is 0 Å². The molecule has 0 amide bonds. The van der Waals surface area contributed by atoms with E-state index in [-0.39, 0.29) is 12.3 Å². The number of methoxy groups -OCH3 is 1. The zero-order chi connectivity index (χ0) is 11.4. The van der Waals surface area contributed by atoms with Crippen molar-refractivity contribution < 1.29 is 19.7 Å². The third-order valence-corrected chi connectivity index (χ3v) is 2.20. The molecule has 0 unspecified atom stereocenters. The number of rotatable bonds is 4. The third kappa shape index (κ3) is 3.17. The Morgan fingerprint density at radius 1 is 1.73 bits per heavy atom. The Morgan fingerprint density at radius 2 is 2.40 bits per heavy atom. The molecule has 0 saturated heterocycles. The second-order valence-electron chi connectivity index (χ2n) is 2.87. The van der Waals surface area contributed by atoms with Crippen LogP contribution in [0.1, 0.15) is 18.1 Å². The second kappa shape index (κ2) is 5.09. The van der Waals surface area contributed by atoms with E-state index in [1.165, 1.54) is 13.3 Å². The van der Waals surface area contributed by atoms with Gasteiger partial charge in [-0.15, -0.1) is 0 Å². The smallest absolute Gasteiger partial charge is 0.306 e. The Labute approximate surface area is 94.8 Å². The fourth-order valence-electron chi connectivity index (χ4n) is 1.13. The number of hydrogen-bond donors (Lipinski definition) is 2. The van der Waals surface area contributed by atoms with Crippen LogP contribution in [0.2, 0.25) is 0 Å². The van der Waals surface area contributed by atoms with Gasteiger partial charge >= 0.3 is 5.97 Å². The van der Waals surface area contributed by atoms with Crippen LogP contribution in [0.3, 0.4) is 0 Å². The van der Waals surface area contributed by atoms with Crippen molar-refractivity contribution in [2.24, 2.45) is 0 Å². The summed E-state index contributed by atoms with van der Waals surface area (Å²) in [4.78, 5) is 14.3. The standard InChI is InChI=1S/C9H10BrNO4/c1-15-9-6(2-5(10)4-11-9)7(12)3-8(13)14/h2,4,7,12H,3H2,1H3,(H,13,14)/t7-/m0/s1. The number of aliphatic carboxylic acids is 1. The van der Waals surface area contributed by atoms with E-state index in [9.17, 15) is 9.90 Å². The normalized spacial score (nSPS) is 12.2. The second-order valence-corrected chi connectivity index (χ2v) is 3.78. The number of pyridine rings is 1. The molecule has 0 aromatic carbocycles. The van der Waals surface area contributed by atoms with E-state index in [2.05, 4.69) is 20.9 Å². The number of aliphatic hydroxyl groups excluding tert-OH is 1. The Morgan fingerprint density at radius 3 is 2.93 bits per heavy atom. The minimum absolute atomic E-state index is 0.229. The molecule has 1 rings (SSSR count). The average molecular weight is 276 g/mol. The zero-order valence-electron chi connectivity index (χ0n) is 7.98. The molecule has 1 aromatic heterocycles. The monoisotopic (exact) mass is 275 g/mol. The SMILES string of the molecule is COc1ncc(Br)cc1[C@@H](O)CC(=O)O. The molecule has 0 aliphatic rings. The summed E-state index contributed by atoms with van der Waals surface area (Å²) in [6.45, 7) is 0. The van der Waals surface area contributed by atoms with Crippen molar-refractivity contribution in [3.63, 3.8) is 0 Å². The molecule has 1 heterocycles. The lowest BCUT2D eigenvalue weighted by Gasteiger charge is -2.12. The summed E-state index contributed by atoms with van der Waals surface area (Å²) in [5.41, 5.74) is 0.356. The van der Waals surface area contributed by atoms with Crippen molar-refractivity contribution in [1.29, 1.82) is 0 Å². The van der Waals surface area contributed by atoms with Gasteiger partial charge in [0.15, 0.2) is 0 Å². The van der Waals surface area contributed by atoms with Gasteiger partial charge in [0.05, 0.1) is 19.6 Å². The van der Waals surface area contributed by atoms with Crippen LogP contribution in [0.4, 0.5) is 0 Å². The molecule has 0 saturated carbocycles. The summed E-state index contributed by atoms with van der Waals surface area (Å²) in [6.07, 6.45) is 0.00655. The Bertz CT molecular complexity index is 369. The minimum atomic E-state index is -1.12. The van der Waals surface area contributed by atoms with Crippen LogP contribution in [0.15, 0.2) is 16.7 Å². The molecule has 0 radical (unpaired) electrons. The molecule has 0 fully saturated rings. The maximum Gasteiger partial charge on any atom is 0.306 e. The quantitative estimate of drug-likeness (QED) is 0.868. The summed E-state index contributed by atoms with van der Waals surface area (Å²) < 4.78 is 5.57. The summed E-state index contributed by atoms with van der Waals surface area (Å²) in [6, 6.07) is 1.58. The molecule has 0 bridgehead atoms. The van der Waals surface area contributed by atoms with Crippen LogP contribution in [0.5, 0.6) is 5.88 Å². The molecular weight excluding hydrogens is 266 g/mol. The molecular formula is C9H10BrNO4. The van der Waals surface area contributed by atoms with E-state index in [0.717, 1.165) is 0 Å². The average Bonchev–Trinajstić information content (AvgIpc) is 2.16. The Kier molecular flexibility index (Phi) is 4.05. The number of carboxylic acids is 1. The molecule has 1 atom stereocenters. The van der Waals surface area contributed by atoms with Crippen molar-refractivity contribution in [3.05, 3.63) is 22.3 Å². The number of halogens is 1. The first-order valence-corrected chi connectivity index (χ1v) is 4.93. The lowest BCUT2D eigenvalue weighted by atomic mass is 10.1. The molecule has 15 heavy (non-hydrogen) atoms. The van der Waals surface area contributed by atoms with E-state index in [1.54, 1.807) is 6.07 Å². The lowest BCUT2D eigenvalue weighted by Crippen LogP contribution is -2.07. The van der Waals surface area contributed by atoms with Crippen LogP contribution in [-0.4, -0.2) is 28.3 Å². The number of ether oxygens (including phenoxy) is 1. The fraction of sp³-hybridized carbons (Fsp3) is 0.333. The van der Waals surface area contributed by atoms with E-state index in [4.69, 9.17) is 9.84 Å². The summed E-state index contributed by atoms with van der Waals surface area (Å²) in [7, 11) is 1.41. The molecule has 5 nitrogen and oxygen atoms in total. The summed E-state index contributed by atoms with van der Waals surface area (Å²) in [5.74, 6) is -0.850. The Hall–Kier alpha value is -1.14. The molecule has 0 aliphatic carbocycles. The van der Waals surface area contributed by atoms with Gasteiger partial charge in [0.25, 0.3) is 0 Å². The van der Waals surface area contributed by atoms with Gasteiger partial charge in [0.1, 0.15) is 0 Å².